The molecule has 0 bridgehead atoms. The second kappa shape index (κ2) is 0.875. The van der Waals surface area contributed by atoms with Crippen LogP contribution in [0.2, 0.25) is 0 Å². The average molecular weight is 63.1 g/mol. The van der Waals surface area contributed by atoms with Crippen molar-refractivity contribution in [1.29, 1.82) is 1.43 Å². The maximum absolute atomic E-state index is 9.73. The molecule has 1 N–H and O–H groups in total. The number of rotatable bonds is 0. The minimum atomic E-state index is -1.68. The number of carboxylic acids is 1. The SMILES string of the molecule is [2H]OC(=O)C([2H])[2H]. The fraction of sp³-hybridized carbons (Fsp3) is 0.500. The van der Waals surface area contributed by atoms with E-state index in [1.165, 1.54) is 0 Å². The van der Waals surface area contributed by atoms with Gasteiger partial charge in [-0.1, -0.05) is 0 Å². The van der Waals surface area contributed by atoms with Gasteiger partial charge in [0.2, 0.25) is 0 Å². The van der Waals surface area contributed by atoms with Gasteiger partial charge in [0.25, 0.3) is 7.40 Å². The lowest BCUT2D eigenvalue weighted by Gasteiger charge is -1.59. The van der Waals surface area contributed by atoms with Gasteiger partial charge >= 0.3 is 0 Å². The first-order valence-electron chi connectivity index (χ1n) is 2.26. The van der Waals surface area contributed by atoms with Crippen molar-refractivity contribution in [3.8, 4) is 0 Å². The van der Waals surface area contributed by atoms with Crippen LogP contribution in [0.15, 0.2) is 0 Å². The van der Waals surface area contributed by atoms with Crippen LogP contribution in [0.1, 0.15) is 9.62 Å². The minimum Gasteiger partial charge on any atom is -0.481 e. The highest BCUT2D eigenvalue weighted by molar-refractivity contribution is 5.62. The fourth-order valence-corrected chi connectivity index (χ4v) is 0. The van der Waals surface area contributed by atoms with Crippen LogP contribution >= 0.6 is 0 Å². The molecular formula is C2H4O2. The molecule has 0 rings (SSSR count). The van der Waals surface area contributed by atoms with Gasteiger partial charge in [-0.25, -0.2) is 0 Å². The van der Waals surface area contributed by atoms with E-state index < -0.39 is 12.8 Å². The Hall–Kier alpha value is -0.530. The van der Waals surface area contributed by atoms with Crippen molar-refractivity contribution in [2.45, 2.75) is 6.88 Å². The van der Waals surface area contributed by atoms with Crippen LogP contribution in [0, 0.1) is 0 Å². The third-order valence-electron chi connectivity index (χ3n) is 0. The van der Waals surface area contributed by atoms with E-state index in [-0.39, 0.29) is 0 Å². The molecule has 0 aromatic heterocycles. The second-order valence-corrected chi connectivity index (χ2v) is 0.319. The predicted molar refractivity (Wildman–Crippen MR) is 13.3 cm³/mol. The first-order chi connectivity index (χ1) is 3.18. The number of hydrogen-bond acceptors (Lipinski definition) is 2. The summed E-state index contributed by atoms with van der Waals surface area (Å²) in [5.41, 5.74) is 0. The molecule has 0 aliphatic heterocycles. The summed E-state index contributed by atoms with van der Waals surface area (Å²) < 4.78 is 18.4. The summed E-state index contributed by atoms with van der Waals surface area (Å²) in [4.78, 5) is 9.73. The third-order valence-corrected chi connectivity index (χ3v) is 0. The number of carboxylic acid groups (broad SMARTS) is 1. The molecular weight excluding hydrogens is 56.0 g/mol. The number of carbonyl (C=O) groups is 1. The lowest BCUT2D eigenvalue weighted by atomic mass is 10.9. The van der Waals surface area contributed by atoms with E-state index in [1.807, 2.05) is 0 Å². The molecule has 0 spiro atoms. The molecule has 0 heterocycles. The van der Waals surface area contributed by atoms with Gasteiger partial charge in [-0.2, -0.15) is 0 Å². The van der Waals surface area contributed by atoms with Gasteiger partial charge < -0.3 is 5.11 Å². The summed E-state index contributed by atoms with van der Waals surface area (Å²) in [5.74, 6) is -1.15. The van der Waals surface area contributed by atoms with Gasteiger partial charge in [-0.15, -0.1) is 0 Å². The highest BCUT2D eigenvalue weighted by Crippen LogP contribution is 1.42. The van der Waals surface area contributed by atoms with Crippen molar-refractivity contribution >= 4 is 5.97 Å². The summed E-state index contributed by atoms with van der Waals surface area (Å²) in [6.45, 7) is -1.68. The summed E-state index contributed by atoms with van der Waals surface area (Å²) in [6.07, 6.45) is 0. The van der Waals surface area contributed by atoms with Crippen LogP contribution in [-0.2, 0) is 4.79 Å². The van der Waals surface area contributed by atoms with Gasteiger partial charge in [-0.3, -0.25) is 4.79 Å². The molecule has 2 nitrogen and oxygen atoms in total. The molecule has 0 unspecified atom stereocenters. The normalized spacial score (nSPS) is 16.8. The van der Waals surface area contributed by atoms with Crippen molar-refractivity contribution < 1.29 is 12.6 Å². The Morgan fingerprint density at radius 2 is 3.50 bits per heavy atom. The zero-order valence-electron chi connectivity index (χ0n) is 4.89. The molecule has 0 radical (unpaired) electrons. The van der Waals surface area contributed by atoms with E-state index in [9.17, 15) is 4.79 Å². The Morgan fingerprint density at radius 1 is 2.75 bits per heavy atom. The Morgan fingerprint density at radius 3 is 3.50 bits per heavy atom. The van der Waals surface area contributed by atoms with Crippen LogP contribution in [0.25, 0.3) is 1.43 Å². The molecule has 0 atom stereocenters. The zero-order valence-corrected chi connectivity index (χ0v) is 1.89. The Balaban J connectivity index is 3.35. The second-order valence-electron chi connectivity index (χ2n) is 0.319. The van der Waals surface area contributed by atoms with Gasteiger partial charge in [0, 0.05) is 9.62 Å². The number of aliphatic carboxylic acids is 1. The Kier molecular flexibility index (Phi) is 0.155. The smallest absolute Gasteiger partial charge is 0.300 e. The molecule has 0 fully saturated rings. The lowest BCUT2D eigenvalue weighted by Crippen LogP contribution is -1.78. The monoisotopic (exact) mass is 63.0 g/mol. The molecule has 2 heteroatoms. The molecule has 24 valence electrons. The van der Waals surface area contributed by atoms with Crippen LogP contribution in [0.3, 0.4) is 0 Å². The molecule has 0 aliphatic rings. The van der Waals surface area contributed by atoms with Crippen molar-refractivity contribution in [3.05, 3.63) is 0 Å². The van der Waals surface area contributed by atoms with E-state index in [2.05, 4.69) is 5.11 Å². The quantitative estimate of drug-likeness (QED) is 0.432. The van der Waals surface area contributed by atoms with Crippen molar-refractivity contribution in [3.63, 3.8) is 0 Å². The molecule has 0 saturated heterocycles. The van der Waals surface area contributed by atoms with E-state index in [0.29, 0.717) is 0 Å². The van der Waals surface area contributed by atoms with E-state index >= 15 is 0 Å². The highest BCUT2D eigenvalue weighted by Gasteiger charge is 1.65. The highest BCUT2D eigenvalue weighted by atomic mass is 16.4. The van der Waals surface area contributed by atoms with Gasteiger partial charge in [-0.05, 0) is 0 Å². The van der Waals surface area contributed by atoms with Crippen LogP contribution in [-0.4, -0.2) is 11.1 Å². The predicted octanol–water partition coefficient (Wildman–Crippen LogP) is 0.0909. The van der Waals surface area contributed by atoms with Gasteiger partial charge in [0.05, 0.1) is 0 Å². The minimum absolute atomic E-state index is 1.15. The van der Waals surface area contributed by atoms with Crippen LogP contribution < -0.4 is 0 Å². The average Bonchev–Trinajstić information content (AvgIpc) is 1.65. The summed E-state index contributed by atoms with van der Waals surface area (Å²) in [6, 6.07) is 0. The first-order valence-corrected chi connectivity index (χ1v) is 0.697. The lowest BCUT2D eigenvalue weighted by molar-refractivity contribution is -0.134. The maximum Gasteiger partial charge on any atom is 0.300 e. The van der Waals surface area contributed by atoms with E-state index in [4.69, 9.17) is 4.17 Å². The maximum atomic E-state index is 9.73. The Bertz CT molecular complexity index is 71.3. The molecule has 0 aromatic rings. The molecule has 0 amide bonds. The number of hydrogen-bond donors (Lipinski definition) is 1. The Labute approximate surface area is 28.4 Å². The van der Waals surface area contributed by atoms with Crippen molar-refractivity contribution in [2.75, 3.05) is 0 Å². The standard InChI is InChI=1S/C2H4O2/c1-2(3)4/h1H3,(H,3,4)/i1D2/hD. The van der Waals surface area contributed by atoms with E-state index in [1.54, 1.807) is 0 Å². The van der Waals surface area contributed by atoms with Crippen LogP contribution in [0.4, 0.5) is 0 Å². The molecule has 0 aliphatic carbocycles. The molecule has 0 saturated carbocycles. The molecule has 4 heavy (non-hydrogen) atoms. The third kappa shape index (κ3) is 1.16. The van der Waals surface area contributed by atoms with Crippen LogP contribution in [0.5, 0.6) is 0 Å². The fourth-order valence-electron chi connectivity index (χ4n) is 0. The zero-order chi connectivity index (χ0) is 5.86. The summed E-state index contributed by atoms with van der Waals surface area (Å²) in [7, 11) is 0. The largest absolute Gasteiger partial charge is 0.481 e. The topological polar surface area (TPSA) is 37.3 Å². The molecule has 0 aromatic carbocycles. The van der Waals surface area contributed by atoms with Crippen molar-refractivity contribution in [2.24, 2.45) is 0 Å². The van der Waals surface area contributed by atoms with E-state index in [0.717, 1.165) is 0 Å². The van der Waals surface area contributed by atoms with Gasteiger partial charge in [0.15, 0.2) is 0 Å². The van der Waals surface area contributed by atoms with Crippen molar-refractivity contribution in [1.82, 2.24) is 0 Å². The summed E-state index contributed by atoms with van der Waals surface area (Å²) in [5, 5.41) is 3.25. The first kappa shape index (κ1) is 0.708. The van der Waals surface area contributed by atoms with Gasteiger partial charge in [0.1, 0.15) is 0 Å². The summed E-state index contributed by atoms with van der Waals surface area (Å²) >= 11 is 0.